The molecule has 0 spiro atoms. The maximum Gasteiger partial charge on any atom is 0.416 e. The number of thiophene rings is 1. The second-order valence-electron chi connectivity index (χ2n) is 8.94. The number of nitrogens with one attached hydrogen (secondary N) is 1. The monoisotopic (exact) mass is 487 g/mol. The van der Waals surface area contributed by atoms with Crippen LogP contribution in [0.15, 0.2) is 48.5 Å². The van der Waals surface area contributed by atoms with Crippen LogP contribution in [0.25, 0.3) is 10.1 Å². The molecule has 0 bridgehead atoms. The maximum absolute atomic E-state index is 13.0. The fraction of sp³-hybridized carbons (Fsp3) is 0.360. The van der Waals surface area contributed by atoms with Gasteiger partial charge in [0.25, 0.3) is 11.8 Å². The number of hydrogen-bond acceptors (Lipinski definition) is 4. The molecule has 9 heteroatoms. The smallest absolute Gasteiger partial charge is 0.337 e. The molecule has 0 aliphatic carbocycles. The predicted octanol–water partition coefficient (Wildman–Crippen LogP) is 4.56. The van der Waals surface area contributed by atoms with Gasteiger partial charge in [-0.15, -0.1) is 11.3 Å². The number of aryl methyl sites for hydroxylation is 1. The lowest BCUT2D eigenvalue weighted by atomic mass is 10.1. The molecule has 2 saturated heterocycles. The van der Waals surface area contributed by atoms with E-state index in [0.717, 1.165) is 35.5 Å². The molecule has 2 aromatic carbocycles. The Bertz CT molecular complexity index is 1240. The Hall–Kier alpha value is -2.91. The number of nitrogens with zero attached hydrogens (tertiary/aromatic N) is 2. The molecule has 0 radical (unpaired) electrons. The van der Waals surface area contributed by atoms with Gasteiger partial charge in [-0.05, 0) is 48.6 Å². The van der Waals surface area contributed by atoms with Gasteiger partial charge in [-0.3, -0.25) is 9.59 Å². The van der Waals surface area contributed by atoms with Gasteiger partial charge in [0.05, 0.1) is 10.4 Å². The summed E-state index contributed by atoms with van der Waals surface area (Å²) < 4.78 is 39.6. The van der Waals surface area contributed by atoms with E-state index in [1.807, 2.05) is 35.2 Å². The quantitative estimate of drug-likeness (QED) is 0.587. The minimum Gasteiger partial charge on any atom is -0.337 e. The summed E-state index contributed by atoms with van der Waals surface area (Å²) in [6.45, 7) is 4.20. The van der Waals surface area contributed by atoms with Gasteiger partial charge in [0.15, 0.2) is 0 Å². The lowest BCUT2D eigenvalue weighted by Crippen LogP contribution is -2.62. The molecular formula is C25H24F3N3O2S. The van der Waals surface area contributed by atoms with Gasteiger partial charge >= 0.3 is 6.18 Å². The van der Waals surface area contributed by atoms with Crippen LogP contribution in [0.4, 0.5) is 13.2 Å². The van der Waals surface area contributed by atoms with E-state index in [2.05, 4.69) is 5.32 Å². The Kier molecular flexibility index (Phi) is 5.85. The van der Waals surface area contributed by atoms with E-state index in [-0.39, 0.29) is 23.9 Å². The zero-order valence-electron chi connectivity index (χ0n) is 18.6. The van der Waals surface area contributed by atoms with Crippen LogP contribution in [0.3, 0.4) is 0 Å². The molecule has 178 valence electrons. The first kappa shape index (κ1) is 22.9. The molecule has 3 heterocycles. The lowest BCUT2D eigenvalue weighted by molar-refractivity contribution is -0.137. The standard InChI is InChI=1S/C25H24F3N3O2S/c1-15-20-8-7-17(25(26,27)28)11-21(20)34-22(15)24(33)31-13-19(14-31)29-18-9-10-30(12-18)23(32)16-5-3-2-4-6-16/h2-8,11,18-19,29H,9-10,12-14H2,1H3/t18-/m0/s1. The van der Waals surface area contributed by atoms with Gasteiger partial charge < -0.3 is 15.1 Å². The third-order valence-electron chi connectivity index (χ3n) is 6.60. The van der Waals surface area contributed by atoms with E-state index in [0.29, 0.717) is 46.7 Å². The first-order valence-electron chi connectivity index (χ1n) is 11.2. The number of carbonyl (C=O) groups excluding carboxylic acids is 2. The summed E-state index contributed by atoms with van der Waals surface area (Å²) in [5, 5.41) is 4.23. The van der Waals surface area contributed by atoms with Crippen LogP contribution in [-0.2, 0) is 6.18 Å². The molecule has 5 nitrogen and oxygen atoms in total. The third kappa shape index (κ3) is 4.30. The van der Waals surface area contributed by atoms with Crippen LogP contribution in [0.2, 0.25) is 0 Å². The number of likely N-dealkylation sites (tertiary alicyclic amines) is 2. The normalized spacial score (nSPS) is 19.0. The summed E-state index contributed by atoms with van der Waals surface area (Å²) in [6, 6.07) is 13.2. The van der Waals surface area contributed by atoms with Crippen molar-refractivity contribution in [3.05, 3.63) is 70.1 Å². The minimum atomic E-state index is -4.41. The molecule has 2 fully saturated rings. The minimum absolute atomic E-state index is 0.0317. The number of fused-ring (bicyclic) bond motifs is 1. The maximum atomic E-state index is 13.0. The molecule has 34 heavy (non-hydrogen) atoms. The van der Waals surface area contributed by atoms with Crippen molar-refractivity contribution in [1.82, 2.24) is 15.1 Å². The Labute approximate surface area is 199 Å². The fourth-order valence-corrected chi connectivity index (χ4v) is 5.89. The number of hydrogen-bond donors (Lipinski definition) is 1. The average Bonchev–Trinajstić information content (AvgIpc) is 3.39. The van der Waals surface area contributed by atoms with Gasteiger partial charge in [0.2, 0.25) is 0 Å². The Balaban J connectivity index is 1.17. The highest BCUT2D eigenvalue weighted by atomic mass is 32.1. The van der Waals surface area contributed by atoms with Crippen molar-refractivity contribution in [3.8, 4) is 0 Å². The zero-order valence-corrected chi connectivity index (χ0v) is 19.4. The molecule has 1 N–H and O–H groups in total. The van der Waals surface area contributed by atoms with Crippen molar-refractivity contribution in [2.75, 3.05) is 26.2 Å². The molecule has 5 rings (SSSR count). The number of rotatable bonds is 4. The Morgan fingerprint density at radius 3 is 2.38 bits per heavy atom. The van der Waals surface area contributed by atoms with E-state index in [1.165, 1.54) is 6.07 Å². The van der Waals surface area contributed by atoms with Crippen molar-refractivity contribution < 1.29 is 22.8 Å². The van der Waals surface area contributed by atoms with E-state index in [9.17, 15) is 22.8 Å². The molecule has 2 aliphatic heterocycles. The number of halogens is 3. The second-order valence-corrected chi connectivity index (χ2v) is 9.99. The van der Waals surface area contributed by atoms with Gasteiger partial charge in [-0.2, -0.15) is 13.2 Å². The largest absolute Gasteiger partial charge is 0.416 e. The summed E-state index contributed by atoms with van der Waals surface area (Å²) in [4.78, 5) is 29.7. The molecule has 0 saturated carbocycles. The van der Waals surface area contributed by atoms with Crippen LogP contribution >= 0.6 is 11.3 Å². The highest BCUT2D eigenvalue weighted by Gasteiger charge is 2.36. The summed E-state index contributed by atoms with van der Waals surface area (Å²) >= 11 is 1.12. The number of carbonyl (C=O) groups is 2. The van der Waals surface area contributed by atoms with Gasteiger partial charge in [0, 0.05) is 48.5 Å². The van der Waals surface area contributed by atoms with Crippen LogP contribution in [0.1, 0.15) is 37.6 Å². The number of benzene rings is 2. The van der Waals surface area contributed by atoms with Gasteiger partial charge in [0.1, 0.15) is 0 Å². The second kappa shape index (κ2) is 8.70. The topological polar surface area (TPSA) is 52.7 Å². The summed E-state index contributed by atoms with van der Waals surface area (Å²) in [6.07, 6.45) is -3.55. The summed E-state index contributed by atoms with van der Waals surface area (Å²) in [5.41, 5.74) is 0.704. The highest BCUT2D eigenvalue weighted by molar-refractivity contribution is 7.21. The van der Waals surface area contributed by atoms with Crippen molar-refractivity contribution in [1.29, 1.82) is 0 Å². The van der Waals surface area contributed by atoms with E-state index < -0.39 is 11.7 Å². The average molecular weight is 488 g/mol. The summed E-state index contributed by atoms with van der Waals surface area (Å²) in [5.74, 6) is -0.109. The van der Waals surface area contributed by atoms with Crippen molar-refractivity contribution in [3.63, 3.8) is 0 Å². The van der Waals surface area contributed by atoms with Crippen molar-refractivity contribution in [2.45, 2.75) is 31.6 Å². The summed E-state index contributed by atoms with van der Waals surface area (Å²) in [7, 11) is 0. The van der Waals surface area contributed by atoms with Gasteiger partial charge in [-0.25, -0.2) is 0 Å². The predicted molar refractivity (Wildman–Crippen MR) is 125 cm³/mol. The lowest BCUT2D eigenvalue weighted by Gasteiger charge is -2.41. The van der Waals surface area contributed by atoms with Crippen molar-refractivity contribution >= 4 is 33.2 Å². The van der Waals surface area contributed by atoms with Crippen LogP contribution < -0.4 is 5.32 Å². The SMILES string of the molecule is Cc1c(C(=O)N2CC(N[C@H]3CCN(C(=O)c4ccccc4)C3)C2)sc2cc(C(F)(F)F)ccc12. The van der Waals surface area contributed by atoms with E-state index in [1.54, 1.807) is 11.8 Å². The fourth-order valence-electron chi connectivity index (χ4n) is 4.68. The zero-order chi connectivity index (χ0) is 24.0. The molecule has 1 atom stereocenters. The molecular weight excluding hydrogens is 463 g/mol. The Morgan fingerprint density at radius 1 is 0.971 bits per heavy atom. The van der Waals surface area contributed by atoms with E-state index in [4.69, 9.17) is 0 Å². The number of amides is 2. The number of alkyl halides is 3. The van der Waals surface area contributed by atoms with E-state index >= 15 is 0 Å². The molecule has 0 unspecified atom stereocenters. The molecule has 3 aromatic rings. The molecule has 1 aromatic heterocycles. The Morgan fingerprint density at radius 2 is 1.68 bits per heavy atom. The highest BCUT2D eigenvalue weighted by Crippen LogP contribution is 2.37. The van der Waals surface area contributed by atoms with Crippen LogP contribution in [-0.4, -0.2) is 59.9 Å². The first-order chi connectivity index (χ1) is 16.2. The molecule has 2 amide bonds. The van der Waals surface area contributed by atoms with Crippen molar-refractivity contribution in [2.24, 2.45) is 0 Å². The van der Waals surface area contributed by atoms with Gasteiger partial charge in [-0.1, -0.05) is 24.3 Å². The molecule has 2 aliphatic rings. The van der Waals surface area contributed by atoms with Crippen LogP contribution in [0, 0.1) is 6.92 Å². The third-order valence-corrected chi connectivity index (χ3v) is 7.84. The first-order valence-corrected chi connectivity index (χ1v) is 12.0. The van der Waals surface area contributed by atoms with Crippen LogP contribution in [0.5, 0.6) is 0 Å².